The maximum absolute atomic E-state index is 12.7. The van der Waals surface area contributed by atoms with Gasteiger partial charge in [-0.3, -0.25) is 34.1 Å². The topological polar surface area (TPSA) is 139 Å². The molecule has 0 spiro atoms. The van der Waals surface area contributed by atoms with Crippen molar-refractivity contribution >= 4 is 35.4 Å². The van der Waals surface area contributed by atoms with Gasteiger partial charge in [0.05, 0.1) is 31.1 Å². The normalized spacial score (nSPS) is 17.4. The van der Waals surface area contributed by atoms with Crippen molar-refractivity contribution in [1.82, 2.24) is 15.5 Å². The first-order chi connectivity index (χ1) is 14.3. The van der Waals surface area contributed by atoms with E-state index in [1.807, 2.05) is 0 Å². The number of nitrogens with zero attached hydrogens (tertiary/aromatic N) is 1. The molecule has 4 amide bonds. The Balaban J connectivity index is 1.65. The molecule has 1 atom stereocenters. The number of Topliss-reactive ketones (excluding diaryl/α,β-unsaturated/α-hetero) is 1. The molecule has 158 valence electrons. The number of methoxy groups -OCH3 is 1. The molecule has 1 unspecified atom stereocenters. The molecule has 0 aliphatic carbocycles. The molecule has 1 aromatic rings. The van der Waals surface area contributed by atoms with Crippen LogP contribution in [-0.2, 0) is 19.1 Å². The molecule has 3 rings (SSSR count). The third kappa shape index (κ3) is 4.22. The Morgan fingerprint density at radius 3 is 2.70 bits per heavy atom. The van der Waals surface area contributed by atoms with Gasteiger partial charge in [0.15, 0.2) is 5.78 Å². The third-order valence-electron chi connectivity index (χ3n) is 5.11. The summed E-state index contributed by atoms with van der Waals surface area (Å²) >= 11 is 0. The Morgan fingerprint density at radius 1 is 1.20 bits per heavy atom. The number of fused-ring (bicyclic) bond motifs is 1. The zero-order valence-electron chi connectivity index (χ0n) is 16.4. The lowest BCUT2D eigenvalue weighted by atomic mass is 9.97. The number of ketones is 1. The van der Waals surface area contributed by atoms with Crippen molar-refractivity contribution in [1.29, 1.82) is 0 Å². The number of hydrogen-bond donors (Lipinski definition) is 2. The minimum absolute atomic E-state index is 0.00229. The van der Waals surface area contributed by atoms with Gasteiger partial charge >= 0.3 is 5.97 Å². The van der Waals surface area contributed by atoms with Crippen molar-refractivity contribution < 1.29 is 33.5 Å². The van der Waals surface area contributed by atoms with Crippen LogP contribution in [0.25, 0.3) is 0 Å². The Hall–Kier alpha value is -3.56. The highest BCUT2D eigenvalue weighted by Gasteiger charge is 2.36. The highest BCUT2D eigenvalue weighted by Crippen LogP contribution is 2.23. The lowest BCUT2D eigenvalue weighted by molar-refractivity contribution is -0.141. The van der Waals surface area contributed by atoms with Gasteiger partial charge in [0.25, 0.3) is 11.8 Å². The van der Waals surface area contributed by atoms with E-state index < -0.39 is 47.8 Å². The van der Waals surface area contributed by atoms with E-state index in [1.165, 1.54) is 30.2 Å². The first-order valence-corrected chi connectivity index (χ1v) is 9.49. The van der Waals surface area contributed by atoms with Crippen LogP contribution < -0.4 is 10.6 Å². The van der Waals surface area contributed by atoms with Gasteiger partial charge in [0.1, 0.15) is 6.04 Å². The lowest BCUT2D eigenvalue weighted by Crippen LogP contribution is -2.46. The van der Waals surface area contributed by atoms with Crippen LogP contribution in [0, 0.1) is 0 Å². The molecule has 2 aliphatic rings. The van der Waals surface area contributed by atoms with Crippen LogP contribution in [0.15, 0.2) is 18.2 Å². The lowest BCUT2D eigenvalue weighted by Gasteiger charge is -2.23. The molecule has 10 nitrogen and oxygen atoms in total. The Kier molecular flexibility index (Phi) is 6.24. The summed E-state index contributed by atoms with van der Waals surface area (Å²) in [6.45, 7) is 0.412. The summed E-state index contributed by atoms with van der Waals surface area (Å²) in [6, 6.07) is 3.58. The van der Waals surface area contributed by atoms with E-state index in [4.69, 9.17) is 0 Å². The zero-order valence-corrected chi connectivity index (χ0v) is 16.4. The van der Waals surface area contributed by atoms with Crippen LogP contribution in [0.5, 0.6) is 0 Å². The summed E-state index contributed by atoms with van der Waals surface area (Å²) in [5.74, 6) is -3.25. The van der Waals surface area contributed by atoms with Gasteiger partial charge in [-0.15, -0.1) is 0 Å². The summed E-state index contributed by atoms with van der Waals surface area (Å²) in [5.41, 5.74) is 0.0728. The Labute approximate surface area is 171 Å². The van der Waals surface area contributed by atoms with Crippen LogP contribution in [0.3, 0.4) is 0 Å². The molecular weight excluding hydrogens is 394 g/mol. The minimum Gasteiger partial charge on any atom is -0.469 e. The number of rotatable bonds is 7. The molecule has 2 aliphatic heterocycles. The first-order valence-electron chi connectivity index (χ1n) is 9.49. The first kappa shape index (κ1) is 21.2. The van der Waals surface area contributed by atoms with Crippen molar-refractivity contribution in [2.24, 2.45) is 0 Å². The molecule has 1 aromatic carbocycles. The fourth-order valence-electron chi connectivity index (χ4n) is 3.63. The van der Waals surface area contributed by atoms with Crippen molar-refractivity contribution in [2.75, 3.05) is 20.2 Å². The smallest absolute Gasteiger partial charge is 0.307 e. The largest absolute Gasteiger partial charge is 0.469 e. The second kappa shape index (κ2) is 8.85. The molecule has 0 radical (unpaired) electrons. The molecule has 2 N–H and O–H groups in total. The van der Waals surface area contributed by atoms with Gasteiger partial charge in [0.2, 0.25) is 11.8 Å². The number of hydrogen-bond acceptors (Lipinski definition) is 7. The van der Waals surface area contributed by atoms with Gasteiger partial charge in [-0.2, -0.15) is 0 Å². The van der Waals surface area contributed by atoms with E-state index in [2.05, 4.69) is 15.4 Å². The monoisotopic (exact) mass is 415 g/mol. The summed E-state index contributed by atoms with van der Waals surface area (Å²) in [6.07, 6.45) is 0.541. The molecular formula is C20H21N3O7. The molecule has 0 aromatic heterocycles. The number of amides is 4. The molecule has 2 heterocycles. The van der Waals surface area contributed by atoms with E-state index in [-0.39, 0.29) is 29.7 Å². The van der Waals surface area contributed by atoms with Crippen molar-refractivity contribution in [3.63, 3.8) is 0 Å². The number of likely N-dealkylation sites (tertiary alicyclic amines) is 1. The van der Waals surface area contributed by atoms with Crippen LogP contribution >= 0.6 is 0 Å². The number of carbonyl (C=O) groups is 6. The number of imide groups is 1. The van der Waals surface area contributed by atoms with Crippen LogP contribution in [0.1, 0.15) is 56.8 Å². The van der Waals surface area contributed by atoms with Crippen LogP contribution in [0.4, 0.5) is 0 Å². The number of ether oxygens (including phenoxy) is 1. The van der Waals surface area contributed by atoms with Crippen LogP contribution in [0.2, 0.25) is 0 Å². The number of benzene rings is 1. The predicted molar refractivity (Wildman–Crippen MR) is 102 cm³/mol. The van der Waals surface area contributed by atoms with E-state index >= 15 is 0 Å². The van der Waals surface area contributed by atoms with Gasteiger partial charge in [-0.1, -0.05) is 12.1 Å². The van der Waals surface area contributed by atoms with Gasteiger partial charge < -0.3 is 15.0 Å². The summed E-state index contributed by atoms with van der Waals surface area (Å²) in [5, 5.41) is 4.72. The third-order valence-corrected chi connectivity index (χ3v) is 5.11. The van der Waals surface area contributed by atoms with Gasteiger partial charge in [0, 0.05) is 18.7 Å². The number of nitrogens with one attached hydrogen (secondary N) is 2. The van der Waals surface area contributed by atoms with Gasteiger partial charge in [-0.05, 0) is 18.9 Å². The second-order valence-electron chi connectivity index (χ2n) is 6.97. The summed E-state index contributed by atoms with van der Waals surface area (Å²) < 4.78 is 4.51. The van der Waals surface area contributed by atoms with Crippen molar-refractivity contribution in [3.05, 3.63) is 34.9 Å². The fraction of sp³-hybridized carbons (Fsp3) is 0.400. The predicted octanol–water partition coefficient (Wildman–Crippen LogP) is -0.187. The van der Waals surface area contributed by atoms with E-state index in [1.54, 1.807) is 0 Å². The number of carbonyl (C=O) groups excluding carboxylic acids is 6. The second-order valence-corrected chi connectivity index (χ2v) is 6.97. The summed E-state index contributed by atoms with van der Waals surface area (Å²) in [4.78, 5) is 74.0. The van der Waals surface area contributed by atoms with E-state index in [0.29, 0.717) is 19.4 Å². The highest BCUT2D eigenvalue weighted by atomic mass is 16.5. The van der Waals surface area contributed by atoms with E-state index in [9.17, 15) is 28.8 Å². The number of esters is 1. The summed E-state index contributed by atoms with van der Waals surface area (Å²) in [7, 11) is 1.25. The molecule has 10 heteroatoms. The minimum atomic E-state index is -0.727. The average molecular weight is 415 g/mol. The van der Waals surface area contributed by atoms with Crippen molar-refractivity contribution in [2.45, 2.75) is 31.7 Å². The van der Waals surface area contributed by atoms with Gasteiger partial charge in [-0.25, -0.2) is 0 Å². The highest BCUT2D eigenvalue weighted by molar-refractivity contribution is 6.26. The molecule has 1 saturated heterocycles. The average Bonchev–Trinajstić information content (AvgIpc) is 3.33. The maximum Gasteiger partial charge on any atom is 0.307 e. The van der Waals surface area contributed by atoms with Crippen LogP contribution in [-0.4, -0.2) is 66.5 Å². The maximum atomic E-state index is 12.7. The zero-order chi connectivity index (χ0) is 21.8. The quantitative estimate of drug-likeness (QED) is 0.272. The van der Waals surface area contributed by atoms with E-state index in [0.717, 1.165) is 0 Å². The van der Waals surface area contributed by atoms with Crippen molar-refractivity contribution in [3.8, 4) is 0 Å². The molecule has 30 heavy (non-hydrogen) atoms. The Morgan fingerprint density at radius 2 is 1.97 bits per heavy atom. The standard InChI is InChI=1S/C20H21N3O7/c1-30-16(26)7-8-21-19(28)13-6-3-9-23(13)15(25)10-14(24)11-4-2-5-12-17(11)20(29)22-18(12)27/h2,4-5,13H,3,6-10H2,1H3,(H,21,28)(H,22,27,29). The molecule has 0 saturated carbocycles. The SMILES string of the molecule is COC(=O)CCNC(=O)C1CCCN1C(=O)CC(=O)c1cccc2c1C(=O)NC2=O. The molecule has 0 bridgehead atoms. The Bertz CT molecular complexity index is 940. The molecule has 1 fully saturated rings. The fourth-order valence-corrected chi connectivity index (χ4v) is 3.63.